The number of nitrogens with zero attached hydrogens (tertiary/aromatic N) is 2. The molecule has 1 aliphatic rings. The first-order chi connectivity index (χ1) is 8.96. The molecule has 0 spiro atoms. The van der Waals surface area contributed by atoms with Gasteiger partial charge in [-0.1, -0.05) is 12.2 Å². The van der Waals surface area contributed by atoms with Crippen LogP contribution in [0.4, 0.5) is 10.2 Å². The van der Waals surface area contributed by atoms with Crippen molar-refractivity contribution in [2.24, 2.45) is 0 Å². The molecule has 0 fully saturated rings. The van der Waals surface area contributed by atoms with Crippen LogP contribution in [0.1, 0.15) is 32.8 Å². The molecule has 3 nitrogen and oxygen atoms in total. The molecule has 4 heteroatoms. The molecular formula is C15H22FN3. The van der Waals surface area contributed by atoms with E-state index in [0.29, 0.717) is 6.54 Å². The maximum Gasteiger partial charge on any atom is 0.141 e. The first-order valence-corrected chi connectivity index (χ1v) is 6.75. The first kappa shape index (κ1) is 14.0. The molecule has 0 radical (unpaired) electrons. The van der Waals surface area contributed by atoms with E-state index in [1.165, 1.54) is 6.20 Å². The van der Waals surface area contributed by atoms with E-state index in [1.807, 2.05) is 0 Å². The molecule has 0 aliphatic carbocycles. The summed E-state index contributed by atoms with van der Waals surface area (Å²) in [7, 11) is 0. The van der Waals surface area contributed by atoms with E-state index < -0.39 is 0 Å². The van der Waals surface area contributed by atoms with Crippen LogP contribution in [0, 0.1) is 5.82 Å². The van der Waals surface area contributed by atoms with Crippen molar-refractivity contribution >= 4 is 5.82 Å². The number of pyridine rings is 1. The summed E-state index contributed by atoms with van der Waals surface area (Å²) in [5, 5.41) is 3.39. The van der Waals surface area contributed by atoms with Gasteiger partial charge in [-0.15, -0.1) is 0 Å². The third-order valence-electron chi connectivity index (χ3n) is 3.08. The Morgan fingerprint density at radius 2 is 2.16 bits per heavy atom. The van der Waals surface area contributed by atoms with Crippen molar-refractivity contribution in [3.8, 4) is 0 Å². The third kappa shape index (κ3) is 4.03. The minimum absolute atomic E-state index is 0.00535. The number of hydrogen-bond acceptors (Lipinski definition) is 3. The standard InChI is InChI=1S/C15H22FN3/c1-15(2,3)18-10-12-9-13(16)11-17-14(12)19-7-5-4-6-8-19/h4-5,9,11,18H,6-8,10H2,1-3H3. The second-order valence-corrected chi connectivity index (χ2v) is 5.95. The molecule has 1 aromatic heterocycles. The van der Waals surface area contributed by atoms with E-state index >= 15 is 0 Å². The van der Waals surface area contributed by atoms with Crippen LogP contribution in [0.2, 0.25) is 0 Å². The highest BCUT2D eigenvalue weighted by Gasteiger charge is 2.16. The number of nitrogens with one attached hydrogen (secondary N) is 1. The Bertz CT molecular complexity index is 463. The lowest BCUT2D eigenvalue weighted by Gasteiger charge is -2.28. The predicted octanol–water partition coefficient (Wildman–Crippen LogP) is 2.88. The lowest BCUT2D eigenvalue weighted by atomic mass is 10.1. The number of anilines is 1. The van der Waals surface area contributed by atoms with Gasteiger partial charge in [0.1, 0.15) is 11.6 Å². The van der Waals surface area contributed by atoms with Crippen molar-refractivity contribution in [3.05, 3.63) is 35.8 Å². The van der Waals surface area contributed by atoms with Crippen molar-refractivity contribution in [1.82, 2.24) is 10.3 Å². The van der Waals surface area contributed by atoms with Crippen LogP contribution in [0.15, 0.2) is 24.4 Å². The molecule has 0 aromatic carbocycles. The Morgan fingerprint density at radius 3 is 2.79 bits per heavy atom. The second-order valence-electron chi connectivity index (χ2n) is 5.95. The largest absolute Gasteiger partial charge is 0.352 e. The highest BCUT2D eigenvalue weighted by atomic mass is 19.1. The maximum atomic E-state index is 13.4. The zero-order valence-corrected chi connectivity index (χ0v) is 11.9. The fraction of sp³-hybridized carbons (Fsp3) is 0.533. The van der Waals surface area contributed by atoms with Gasteiger partial charge in [0.15, 0.2) is 0 Å². The number of hydrogen-bond donors (Lipinski definition) is 1. The van der Waals surface area contributed by atoms with Gasteiger partial charge in [0.25, 0.3) is 0 Å². The summed E-state index contributed by atoms with van der Waals surface area (Å²) in [6.45, 7) is 8.72. The average Bonchev–Trinajstić information content (AvgIpc) is 2.37. The van der Waals surface area contributed by atoms with Gasteiger partial charge in [0.2, 0.25) is 0 Å². The molecule has 2 rings (SSSR count). The van der Waals surface area contributed by atoms with E-state index in [9.17, 15) is 4.39 Å². The van der Waals surface area contributed by atoms with E-state index in [2.05, 4.69) is 48.1 Å². The molecule has 0 unspecified atom stereocenters. The van der Waals surface area contributed by atoms with Crippen molar-refractivity contribution in [2.75, 3.05) is 18.0 Å². The van der Waals surface area contributed by atoms with Crippen molar-refractivity contribution in [1.29, 1.82) is 0 Å². The summed E-state index contributed by atoms with van der Waals surface area (Å²) in [6.07, 6.45) is 6.63. The van der Waals surface area contributed by atoms with Crippen LogP contribution in [-0.2, 0) is 6.54 Å². The molecule has 2 heterocycles. The normalized spacial score (nSPS) is 15.9. The van der Waals surface area contributed by atoms with Crippen LogP contribution in [0.3, 0.4) is 0 Å². The Labute approximate surface area is 114 Å². The Balaban J connectivity index is 2.19. The summed E-state index contributed by atoms with van der Waals surface area (Å²) < 4.78 is 13.4. The molecule has 0 saturated heterocycles. The molecule has 0 bridgehead atoms. The molecule has 0 amide bonds. The van der Waals surface area contributed by atoms with Crippen LogP contribution >= 0.6 is 0 Å². The fourth-order valence-corrected chi connectivity index (χ4v) is 2.08. The molecule has 104 valence electrons. The molecule has 1 aromatic rings. The predicted molar refractivity (Wildman–Crippen MR) is 76.8 cm³/mol. The summed E-state index contributed by atoms with van der Waals surface area (Å²) in [5.41, 5.74) is 0.927. The zero-order chi connectivity index (χ0) is 13.9. The number of rotatable bonds is 3. The maximum absolute atomic E-state index is 13.4. The molecule has 1 aliphatic heterocycles. The molecule has 0 saturated carbocycles. The van der Waals surface area contributed by atoms with E-state index in [-0.39, 0.29) is 11.4 Å². The van der Waals surface area contributed by atoms with Gasteiger partial charge in [-0.05, 0) is 33.3 Å². The summed E-state index contributed by atoms with van der Waals surface area (Å²) in [6, 6.07) is 1.58. The molecule has 0 atom stereocenters. The highest BCUT2D eigenvalue weighted by Crippen LogP contribution is 2.21. The van der Waals surface area contributed by atoms with Gasteiger partial charge in [-0.2, -0.15) is 0 Å². The minimum atomic E-state index is -0.276. The van der Waals surface area contributed by atoms with Crippen molar-refractivity contribution in [2.45, 2.75) is 39.3 Å². The summed E-state index contributed by atoms with van der Waals surface area (Å²) >= 11 is 0. The van der Waals surface area contributed by atoms with Gasteiger partial charge in [-0.3, -0.25) is 0 Å². The van der Waals surface area contributed by atoms with E-state index in [4.69, 9.17) is 0 Å². The van der Waals surface area contributed by atoms with Crippen LogP contribution in [0.25, 0.3) is 0 Å². The summed E-state index contributed by atoms with van der Waals surface area (Å²) in [4.78, 5) is 6.47. The Morgan fingerprint density at radius 1 is 1.37 bits per heavy atom. The number of halogens is 1. The molecule has 1 N–H and O–H groups in total. The lowest BCUT2D eigenvalue weighted by Crippen LogP contribution is -2.36. The topological polar surface area (TPSA) is 28.2 Å². The van der Waals surface area contributed by atoms with Gasteiger partial charge in [0, 0.05) is 30.7 Å². The minimum Gasteiger partial charge on any atom is -0.352 e. The van der Waals surface area contributed by atoms with Crippen LogP contribution in [0.5, 0.6) is 0 Å². The van der Waals surface area contributed by atoms with Gasteiger partial charge >= 0.3 is 0 Å². The van der Waals surface area contributed by atoms with Crippen LogP contribution in [-0.4, -0.2) is 23.6 Å². The highest BCUT2D eigenvalue weighted by molar-refractivity contribution is 5.48. The van der Waals surface area contributed by atoms with Crippen LogP contribution < -0.4 is 10.2 Å². The third-order valence-corrected chi connectivity index (χ3v) is 3.08. The second kappa shape index (κ2) is 5.70. The van der Waals surface area contributed by atoms with E-state index in [0.717, 1.165) is 30.9 Å². The smallest absolute Gasteiger partial charge is 0.141 e. The zero-order valence-electron chi connectivity index (χ0n) is 11.9. The van der Waals surface area contributed by atoms with E-state index in [1.54, 1.807) is 6.07 Å². The average molecular weight is 263 g/mol. The SMILES string of the molecule is CC(C)(C)NCc1cc(F)cnc1N1CC=CCC1. The van der Waals surface area contributed by atoms with Gasteiger partial charge in [-0.25, -0.2) is 9.37 Å². The molecular weight excluding hydrogens is 241 g/mol. The lowest BCUT2D eigenvalue weighted by molar-refractivity contribution is 0.423. The quantitative estimate of drug-likeness (QED) is 0.850. The Kier molecular flexibility index (Phi) is 4.20. The number of aromatic nitrogens is 1. The van der Waals surface area contributed by atoms with Gasteiger partial charge < -0.3 is 10.2 Å². The molecule has 19 heavy (non-hydrogen) atoms. The monoisotopic (exact) mass is 263 g/mol. The first-order valence-electron chi connectivity index (χ1n) is 6.75. The Hall–Kier alpha value is -1.42. The van der Waals surface area contributed by atoms with Gasteiger partial charge in [0.05, 0.1) is 6.20 Å². The van der Waals surface area contributed by atoms with Crippen molar-refractivity contribution < 1.29 is 4.39 Å². The fourth-order valence-electron chi connectivity index (χ4n) is 2.08. The summed E-state index contributed by atoms with van der Waals surface area (Å²) in [5.74, 6) is 0.615. The van der Waals surface area contributed by atoms with Crippen molar-refractivity contribution in [3.63, 3.8) is 0 Å².